The van der Waals surface area contributed by atoms with E-state index in [9.17, 15) is 14.4 Å². The first kappa shape index (κ1) is 23.0. The van der Waals surface area contributed by atoms with Crippen LogP contribution in [0.25, 0.3) is 11.1 Å². The predicted molar refractivity (Wildman–Crippen MR) is 130 cm³/mol. The molecule has 2 aliphatic rings. The summed E-state index contributed by atoms with van der Waals surface area (Å²) in [7, 11) is 0. The summed E-state index contributed by atoms with van der Waals surface area (Å²) < 4.78 is 5.56. The van der Waals surface area contributed by atoms with Gasteiger partial charge in [0.05, 0.1) is 12.0 Å². The molecule has 2 aliphatic carbocycles. The van der Waals surface area contributed by atoms with Crippen molar-refractivity contribution in [2.24, 2.45) is 5.41 Å². The van der Waals surface area contributed by atoms with Crippen LogP contribution in [0.15, 0.2) is 48.5 Å². The van der Waals surface area contributed by atoms with E-state index in [2.05, 4.69) is 39.9 Å². The van der Waals surface area contributed by atoms with Crippen LogP contribution in [0.2, 0.25) is 0 Å². The molecule has 3 N–H and O–H groups in total. The molecule has 5 rings (SSSR count). The van der Waals surface area contributed by atoms with Crippen molar-refractivity contribution in [2.75, 3.05) is 13.2 Å². The lowest BCUT2D eigenvalue weighted by Gasteiger charge is -2.17. The smallest absolute Gasteiger partial charge is 0.407 e. The minimum absolute atomic E-state index is 0.0114. The number of amides is 2. The molecular weight excluding hydrogens is 466 g/mol. The molecule has 35 heavy (non-hydrogen) atoms. The molecule has 1 fully saturated rings. The molecule has 0 spiro atoms. The number of alkyl carbamates (subject to hydrolysis) is 1. The number of aromatic carboxylic acids is 1. The average molecular weight is 492 g/mol. The van der Waals surface area contributed by atoms with Crippen molar-refractivity contribution in [1.29, 1.82) is 0 Å². The van der Waals surface area contributed by atoms with E-state index in [1.807, 2.05) is 24.3 Å². The third kappa shape index (κ3) is 4.51. The second-order valence-electron chi connectivity index (χ2n) is 8.96. The van der Waals surface area contributed by atoms with Crippen molar-refractivity contribution in [2.45, 2.75) is 32.2 Å². The Morgan fingerprint density at radius 2 is 1.69 bits per heavy atom. The number of hydrogen-bond donors (Lipinski definition) is 3. The number of carboxylic acid groups (broad SMARTS) is 1. The Kier molecular flexibility index (Phi) is 6.02. The highest BCUT2D eigenvalue weighted by Crippen LogP contribution is 2.46. The minimum atomic E-state index is -1.08. The average Bonchev–Trinajstić information content (AvgIpc) is 3.46. The molecule has 1 aromatic heterocycles. The normalized spacial score (nSPS) is 15.1. The zero-order valence-corrected chi connectivity index (χ0v) is 20.0. The van der Waals surface area contributed by atoms with Crippen molar-refractivity contribution >= 4 is 29.3 Å². The number of ether oxygens (including phenoxy) is 1. The van der Waals surface area contributed by atoms with Gasteiger partial charge >= 0.3 is 12.1 Å². The van der Waals surface area contributed by atoms with E-state index in [-0.39, 0.29) is 37.2 Å². The quantitative estimate of drug-likeness (QED) is 0.437. The Morgan fingerprint density at radius 3 is 2.26 bits per heavy atom. The SMILES string of the molecule is Cc1sc(CNC(=O)C2(CNC(=O)OCC3c4ccccc4-c4ccccc43)CC2)nc1C(=O)O. The molecule has 2 amide bonds. The van der Waals surface area contributed by atoms with Crippen molar-refractivity contribution < 1.29 is 24.2 Å². The second-order valence-corrected chi connectivity index (χ2v) is 10.2. The molecule has 0 aliphatic heterocycles. The first-order valence-corrected chi connectivity index (χ1v) is 12.3. The molecular formula is C26H25N3O5S. The van der Waals surface area contributed by atoms with Gasteiger partial charge in [-0.15, -0.1) is 11.3 Å². The number of benzene rings is 2. The fraction of sp³-hybridized carbons (Fsp3) is 0.308. The van der Waals surface area contributed by atoms with E-state index in [1.54, 1.807) is 6.92 Å². The molecule has 8 nitrogen and oxygen atoms in total. The van der Waals surface area contributed by atoms with Crippen molar-refractivity contribution in [1.82, 2.24) is 15.6 Å². The Balaban J connectivity index is 1.13. The van der Waals surface area contributed by atoms with Gasteiger partial charge in [0.15, 0.2) is 5.69 Å². The number of carbonyl (C=O) groups is 3. The number of nitrogens with one attached hydrogen (secondary N) is 2. The molecule has 0 saturated heterocycles. The second kappa shape index (κ2) is 9.14. The third-order valence-corrected chi connectivity index (χ3v) is 7.66. The number of aromatic nitrogens is 1. The topological polar surface area (TPSA) is 118 Å². The van der Waals surface area contributed by atoms with Crippen LogP contribution < -0.4 is 10.6 Å². The lowest BCUT2D eigenvalue weighted by molar-refractivity contribution is -0.126. The molecule has 0 atom stereocenters. The summed E-state index contributed by atoms with van der Waals surface area (Å²) >= 11 is 1.25. The first-order valence-electron chi connectivity index (χ1n) is 11.4. The van der Waals surface area contributed by atoms with Crippen LogP contribution >= 0.6 is 11.3 Å². The summed E-state index contributed by atoms with van der Waals surface area (Å²) in [5.74, 6) is -1.28. The third-order valence-electron chi connectivity index (χ3n) is 6.69. The Morgan fingerprint density at radius 1 is 1.06 bits per heavy atom. The molecule has 0 bridgehead atoms. The van der Waals surface area contributed by atoms with Crippen molar-refractivity contribution in [3.8, 4) is 11.1 Å². The highest BCUT2D eigenvalue weighted by molar-refractivity contribution is 7.11. The Labute approximate surface area is 206 Å². The lowest BCUT2D eigenvalue weighted by Crippen LogP contribution is -2.40. The maximum atomic E-state index is 12.7. The van der Waals surface area contributed by atoms with Gasteiger partial charge in [0.2, 0.25) is 5.91 Å². The van der Waals surface area contributed by atoms with Crippen molar-refractivity contribution in [3.63, 3.8) is 0 Å². The minimum Gasteiger partial charge on any atom is -0.476 e. The molecule has 1 saturated carbocycles. The van der Waals surface area contributed by atoms with Gasteiger partial charge in [-0.1, -0.05) is 48.5 Å². The van der Waals surface area contributed by atoms with Crippen molar-refractivity contribution in [3.05, 3.63) is 75.2 Å². The van der Waals surface area contributed by atoms with Gasteiger partial charge in [0.1, 0.15) is 11.6 Å². The van der Waals surface area contributed by atoms with Gasteiger partial charge < -0.3 is 20.5 Å². The Bertz CT molecular complexity index is 1270. The zero-order chi connectivity index (χ0) is 24.6. The highest BCUT2D eigenvalue weighted by Gasteiger charge is 2.50. The largest absolute Gasteiger partial charge is 0.476 e. The van der Waals surface area contributed by atoms with E-state index in [0.29, 0.717) is 22.7 Å². The van der Waals surface area contributed by atoms with Crippen LogP contribution in [0.3, 0.4) is 0 Å². The fourth-order valence-electron chi connectivity index (χ4n) is 4.59. The van der Waals surface area contributed by atoms with E-state index < -0.39 is 17.5 Å². The van der Waals surface area contributed by atoms with Gasteiger partial charge in [-0.3, -0.25) is 4.79 Å². The van der Waals surface area contributed by atoms with Gasteiger partial charge in [-0.25, -0.2) is 14.6 Å². The number of carboxylic acids is 1. The molecule has 9 heteroatoms. The van der Waals surface area contributed by atoms with Gasteiger partial charge in [-0.05, 0) is 42.0 Å². The van der Waals surface area contributed by atoms with Crippen LogP contribution in [0.5, 0.6) is 0 Å². The number of hydrogen-bond acceptors (Lipinski definition) is 6. The number of rotatable bonds is 8. The standard InChI is InChI=1S/C26H25N3O5S/c1-15-22(23(30)31)29-21(35-15)12-27-24(32)26(10-11-26)14-28-25(33)34-13-20-18-8-4-2-6-16(18)17-7-3-5-9-19(17)20/h2-9,20H,10-14H2,1H3,(H,27,32)(H,28,33)(H,30,31). The summed E-state index contributed by atoms with van der Waals surface area (Å²) in [5, 5.41) is 15.2. The number of carbonyl (C=O) groups excluding carboxylic acids is 2. The summed E-state index contributed by atoms with van der Waals surface area (Å²) in [5.41, 5.74) is 3.96. The number of fused-ring (bicyclic) bond motifs is 3. The van der Waals surface area contributed by atoms with Crippen LogP contribution in [-0.2, 0) is 16.1 Å². The molecule has 0 unspecified atom stereocenters. The molecule has 2 aromatic carbocycles. The van der Waals surface area contributed by atoms with Gasteiger partial charge in [-0.2, -0.15) is 0 Å². The van der Waals surface area contributed by atoms with Gasteiger partial charge in [0.25, 0.3) is 0 Å². The highest BCUT2D eigenvalue weighted by atomic mass is 32.1. The lowest BCUT2D eigenvalue weighted by atomic mass is 9.98. The molecule has 1 heterocycles. The van der Waals surface area contributed by atoms with Crippen LogP contribution in [-0.4, -0.2) is 41.2 Å². The van der Waals surface area contributed by atoms with E-state index in [0.717, 1.165) is 22.3 Å². The van der Waals surface area contributed by atoms with E-state index in [1.165, 1.54) is 11.3 Å². The number of aryl methyl sites for hydroxylation is 1. The van der Waals surface area contributed by atoms with E-state index >= 15 is 0 Å². The number of nitrogens with zero attached hydrogens (tertiary/aromatic N) is 1. The molecule has 180 valence electrons. The first-order chi connectivity index (χ1) is 16.9. The number of thiazole rings is 1. The maximum absolute atomic E-state index is 12.7. The van der Waals surface area contributed by atoms with E-state index in [4.69, 9.17) is 9.84 Å². The molecule has 3 aromatic rings. The van der Waals surface area contributed by atoms with Gasteiger partial charge in [0, 0.05) is 17.3 Å². The van der Waals surface area contributed by atoms with Crippen LogP contribution in [0.4, 0.5) is 4.79 Å². The molecule has 0 radical (unpaired) electrons. The maximum Gasteiger partial charge on any atom is 0.407 e. The Hall–Kier alpha value is -3.72. The summed E-state index contributed by atoms with van der Waals surface area (Å²) in [4.78, 5) is 41.0. The monoisotopic (exact) mass is 491 g/mol. The predicted octanol–water partition coefficient (Wildman–Crippen LogP) is 4.08. The summed E-state index contributed by atoms with van der Waals surface area (Å²) in [6, 6.07) is 16.3. The zero-order valence-electron chi connectivity index (χ0n) is 19.2. The van der Waals surface area contributed by atoms with Crippen LogP contribution in [0.1, 0.15) is 50.3 Å². The summed E-state index contributed by atoms with van der Waals surface area (Å²) in [6.45, 7) is 2.25. The summed E-state index contributed by atoms with van der Waals surface area (Å²) in [6.07, 6.45) is 0.784. The van der Waals surface area contributed by atoms with Crippen LogP contribution in [0, 0.1) is 12.3 Å². The fourth-order valence-corrected chi connectivity index (χ4v) is 5.46.